The highest BCUT2D eigenvalue weighted by Crippen LogP contribution is 2.04. The summed E-state index contributed by atoms with van der Waals surface area (Å²) in [6, 6.07) is 0. The number of amides is 1. The van der Waals surface area contributed by atoms with Crippen molar-refractivity contribution in [1.29, 1.82) is 0 Å². The van der Waals surface area contributed by atoms with E-state index in [1.165, 1.54) is 6.20 Å². The number of nitrogens with zero attached hydrogens (tertiary/aromatic N) is 2. The molecule has 2 N–H and O–H groups in total. The number of anilines is 1. The molecule has 1 aromatic heterocycles. The molecule has 18 heavy (non-hydrogen) atoms. The predicted octanol–water partition coefficient (Wildman–Crippen LogP) is 2.07. The van der Waals surface area contributed by atoms with Gasteiger partial charge in [0.1, 0.15) is 11.5 Å². The van der Waals surface area contributed by atoms with Gasteiger partial charge in [-0.15, -0.1) is 0 Å². The Morgan fingerprint density at radius 2 is 2.06 bits per heavy atom. The minimum Gasteiger partial charge on any atom is -0.369 e. The molecular weight excluding hydrogens is 228 g/mol. The number of aromatic nitrogens is 2. The number of nitrogens with one attached hydrogen (secondary N) is 2. The molecule has 0 spiro atoms. The Kier molecular flexibility index (Phi) is 6.11. The molecule has 0 aromatic carbocycles. The Morgan fingerprint density at radius 1 is 1.28 bits per heavy atom. The number of carbonyl (C=O) groups is 1. The van der Waals surface area contributed by atoms with Crippen LogP contribution in [0.15, 0.2) is 12.4 Å². The zero-order valence-electron chi connectivity index (χ0n) is 11.4. The van der Waals surface area contributed by atoms with Gasteiger partial charge in [0, 0.05) is 13.1 Å². The fourth-order valence-electron chi connectivity index (χ4n) is 1.35. The van der Waals surface area contributed by atoms with E-state index in [0.29, 0.717) is 24.0 Å². The summed E-state index contributed by atoms with van der Waals surface area (Å²) in [6.07, 6.45) is 5.10. The van der Waals surface area contributed by atoms with E-state index in [1.54, 1.807) is 6.20 Å². The summed E-state index contributed by atoms with van der Waals surface area (Å²) < 4.78 is 0. The molecule has 1 aromatic rings. The minimum absolute atomic E-state index is 0.168. The van der Waals surface area contributed by atoms with Crippen molar-refractivity contribution in [3.8, 4) is 0 Å². The third kappa shape index (κ3) is 5.12. The molecule has 100 valence electrons. The fraction of sp³-hybridized carbons (Fsp3) is 0.615. The Labute approximate surface area is 108 Å². The first-order valence-corrected chi connectivity index (χ1v) is 6.47. The summed E-state index contributed by atoms with van der Waals surface area (Å²) in [7, 11) is 0. The standard InChI is InChI=1S/C13H22N4O/c1-4-6-15-13(18)11-8-17-12(9-16-11)14-7-5-10(2)3/h8-10H,4-7H2,1-3H3,(H,14,17)(H,15,18). The molecule has 0 aliphatic carbocycles. The first-order valence-electron chi connectivity index (χ1n) is 6.47. The maximum atomic E-state index is 11.6. The molecule has 5 nitrogen and oxygen atoms in total. The molecule has 0 saturated heterocycles. The smallest absolute Gasteiger partial charge is 0.271 e. The highest BCUT2D eigenvalue weighted by molar-refractivity contribution is 5.91. The van der Waals surface area contributed by atoms with Crippen LogP contribution in [0.3, 0.4) is 0 Å². The van der Waals surface area contributed by atoms with Gasteiger partial charge in [0.05, 0.1) is 12.4 Å². The lowest BCUT2D eigenvalue weighted by molar-refractivity contribution is 0.0948. The van der Waals surface area contributed by atoms with Crippen molar-refractivity contribution in [1.82, 2.24) is 15.3 Å². The molecular formula is C13H22N4O. The van der Waals surface area contributed by atoms with Crippen LogP contribution in [0, 0.1) is 5.92 Å². The van der Waals surface area contributed by atoms with Gasteiger partial charge in [-0.2, -0.15) is 0 Å². The molecule has 0 atom stereocenters. The van der Waals surface area contributed by atoms with Crippen LogP contribution < -0.4 is 10.6 Å². The van der Waals surface area contributed by atoms with Crippen molar-refractivity contribution in [3.63, 3.8) is 0 Å². The average molecular weight is 250 g/mol. The van der Waals surface area contributed by atoms with Crippen LogP contribution in [-0.4, -0.2) is 29.0 Å². The van der Waals surface area contributed by atoms with E-state index in [-0.39, 0.29) is 5.91 Å². The van der Waals surface area contributed by atoms with E-state index in [2.05, 4.69) is 34.4 Å². The second-order valence-corrected chi connectivity index (χ2v) is 4.65. The van der Waals surface area contributed by atoms with Crippen LogP contribution >= 0.6 is 0 Å². The number of hydrogen-bond donors (Lipinski definition) is 2. The van der Waals surface area contributed by atoms with E-state index < -0.39 is 0 Å². The predicted molar refractivity (Wildman–Crippen MR) is 72.6 cm³/mol. The lowest BCUT2D eigenvalue weighted by Crippen LogP contribution is -2.25. The maximum absolute atomic E-state index is 11.6. The fourth-order valence-corrected chi connectivity index (χ4v) is 1.35. The summed E-state index contributed by atoms with van der Waals surface area (Å²) in [5.74, 6) is 1.20. The van der Waals surface area contributed by atoms with Crippen molar-refractivity contribution < 1.29 is 4.79 Å². The molecule has 0 unspecified atom stereocenters. The molecule has 0 aliphatic heterocycles. The molecule has 5 heteroatoms. The summed E-state index contributed by atoms with van der Waals surface area (Å²) >= 11 is 0. The monoisotopic (exact) mass is 250 g/mol. The van der Waals surface area contributed by atoms with Gasteiger partial charge in [-0.1, -0.05) is 20.8 Å². The Bertz CT molecular complexity index is 362. The van der Waals surface area contributed by atoms with E-state index in [0.717, 1.165) is 19.4 Å². The third-order valence-electron chi connectivity index (χ3n) is 2.45. The Balaban J connectivity index is 2.44. The van der Waals surface area contributed by atoms with Crippen LogP contribution in [0.2, 0.25) is 0 Å². The quantitative estimate of drug-likeness (QED) is 0.777. The van der Waals surface area contributed by atoms with E-state index in [9.17, 15) is 4.79 Å². The summed E-state index contributed by atoms with van der Waals surface area (Å²) in [5.41, 5.74) is 0.359. The molecule has 0 saturated carbocycles. The van der Waals surface area contributed by atoms with E-state index in [1.807, 2.05) is 6.92 Å². The van der Waals surface area contributed by atoms with Gasteiger partial charge in [0.15, 0.2) is 0 Å². The summed E-state index contributed by atoms with van der Waals surface area (Å²) in [6.45, 7) is 7.89. The SMILES string of the molecule is CCCNC(=O)c1cnc(NCCC(C)C)cn1. The van der Waals surface area contributed by atoms with Gasteiger partial charge >= 0.3 is 0 Å². The second kappa shape index (κ2) is 7.63. The lowest BCUT2D eigenvalue weighted by Gasteiger charge is -2.07. The second-order valence-electron chi connectivity index (χ2n) is 4.65. The first-order chi connectivity index (χ1) is 8.63. The van der Waals surface area contributed by atoms with Crippen LogP contribution in [-0.2, 0) is 0 Å². The highest BCUT2D eigenvalue weighted by Gasteiger charge is 2.06. The van der Waals surface area contributed by atoms with E-state index in [4.69, 9.17) is 0 Å². The Morgan fingerprint density at radius 3 is 2.61 bits per heavy atom. The van der Waals surface area contributed by atoms with Crippen LogP contribution in [0.25, 0.3) is 0 Å². The van der Waals surface area contributed by atoms with Crippen LogP contribution in [0.1, 0.15) is 44.1 Å². The maximum Gasteiger partial charge on any atom is 0.271 e. The third-order valence-corrected chi connectivity index (χ3v) is 2.45. The number of rotatable bonds is 7. The van der Waals surface area contributed by atoms with Crippen molar-refractivity contribution in [2.24, 2.45) is 5.92 Å². The summed E-state index contributed by atoms with van der Waals surface area (Å²) in [5, 5.41) is 5.94. The highest BCUT2D eigenvalue weighted by atomic mass is 16.1. The van der Waals surface area contributed by atoms with Gasteiger partial charge in [-0.25, -0.2) is 9.97 Å². The van der Waals surface area contributed by atoms with Gasteiger partial charge in [-0.05, 0) is 18.8 Å². The van der Waals surface area contributed by atoms with E-state index >= 15 is 0 Å². The topological polar surface area (TPSA) is 66.9 Å². The number of carbonyl (C=O) groups excluding carboxylic acids is 1. The van der Waals surface area contributed by atoms with Gasteiger partial charge in [0.25, 0.3) is 5.91 Å². The van der Waals surface area contributed by atoms with Gasteiger partial charge < -0.3 is 10.6 Å². The Hall–Kier alpha value is -1.65. The first kappa shape index (κ1) is 14.4. The largest absolute Gasteiger partial charge is 0.369 e. The lowest BCUT2D eigenvalue weighted by atomic mass is 10.1. The van der Waals surface area contributed by atoms with Crippen LogP contribution in [0.4, 0.5) is 5.82 Å². The zero-order valence-corrected chi connectivity index (χ0v) is 11.4. The minimum atomic E-state index is -0.168. The van der Waals surface area contributed by atoms with Crippen molar-refractivity contribution in [2.45, 2.75) is 33.6 Å². The van der Waals surface area contributed by atoms with Crippen molar-refractivity contribution in [3.05, 3.63) is 18.1 Å². The van der Waals surface area contributed by atoms with Crippen LogP contribution in [0.5, 0.6) is 0 Å². The zero-order chi connectivity index (χ0) is 13.4. The normalized spacial score (nSPS) is 10.4. The molecule has 0 fully saturated rings. The number of hydrogen-bond acceptors (Lipinski definition) is 4. The summed E-state index contributed by atoms with van der Waals surface area (Å²) in [4.78, 5) is 19.8. The molecule has 1 amide bonds. The van der Waals surface area contributed by atoms with Gasteiger partial charge in [0.2, 0.25) is 0 Å². The van der Waals surface area contributed by atoms with Crippen molar-refractivity contribution in [2.75, 3.05) is 18.4 Å². The molecule has 0 radical (unpaired) electrons. The average Bonchev–Trinajstić information content (AvgIpc) is 2.36. The molecule has 0 aliphatic rings. The van der Waals surface area contributed by atoms with Crippen molar-refractivity contribution >= 4 is 11.7 Å². The molecule has 1 rings (SSSR count). The molecule has 1 heterocycles. The molecule has 0 bridgehead atoms. The van der Waals surface area contributed by atoms with Gasteiger partial charge in [-0.3, -0.25) is 4.79 Å².